The van der Waals surface area contributed by atoms with E-state index in [1.807, 2.05) is 56.3 Å². The van der Waals surface area contributed by atoms with E-state index in [2.05, 4.69) is 5.32 Å². The fourth-order valence-corrected chi connectivity index (χ4v) is 2.78. The Morgan fingerprint density at radius 1 is 1.26 bits per heavy atom. The minimum Gasteiger partial charge on any atom is -0.493 e. The number of benzene rings is 2. The summed E-state index contributed by atoms with van der Waals surface area (Å²) in [6, 6.07) is 15.0. The number of nitriles is 1. The Bertz CT molecular complexity index is 966. The molecule has 1 N–H and O–H groups in total. The molecule has 27 heavy (non-hydrogen) atoms. The molecule has 136 valence electrons. The maximum Gasteiger partial charge on any atom is 0.266 e. The summed E-state index contributed by atoms with van der Waals surface area (Å²) in [7, 11) is 1.59. The standard InChI is InChI=1S/C22H20N2O3/c1-14-7-9-19(10-8-14)24-22(25)18(13-23)12-17-11-16-5-4-6-20(26-3)21(16)27-15(17)2/h4-12,15H,1-3H3,(H,24,25)/b18-12-. The lowest BCUT2D eigenvalue weighted by molar-refractivity contribution is -0.112. The van der Waals surface area contributed by atoms with Crippen molar-refractivity contribution in [2.75, 3.05) is 12.4 Å². The molecule has 1 amide bonds. The Hall–Kier alpha value is -3.52. The number of hydrogen-bond acceptors (Lipinski definition) is 4. The topological polar surface area (TPSA) is 71.3 Å². The van der Waals surface area contributed by atoms with Crippen LogP contribution in [0.2, 0.25) is 0 Å². The predicted octanol–water partition coefficient (Wildman–Crippen LogP) is 4.26. The first-order valence-corrected chi connectivity index (χ1v) is 8.57. The lowest BCUT2D eigenvalue weighted by Gasteiger charge is -2.24. The van der Waals surface area contributed by atoms with Crippen LogP contribution in [0.25, 0.3) is 6.08 Å². The second-order valence-corrected chi connectivity index (χ2v) is 6.27. The van der Waals surface area contributed by atoms with Gasteiger partial charge in [0.1, 0.15) is 17.7 Å². The van der Waals surface area contributed by atoms with Crippen molar-refractivity contribution < 1.29 is 14.3 Å². The van der Waals surface area contributed by atoms with Gasteiger partial charge in [-0.2, -0.15) is 5.26 Å². The van der Waals surface area contributed by atoms with Gasteiger partial charge < -0.3 is 14.8 Å². The van der Waals surface area contributed by atoms with Crippen molar-refractivity contribution in [3.8, 4) is 17.6 Å². The highest BCUT2D eigenvalue weighted by Crippen LogP contribution is 2.38. The molecule has 1 aliphatic rings. The van der Waals surface area contributed by atoms with Gasteiger partial charge in [0.25, 0.3) is 5.91 Å². The van der Waals surface area contributed by atoms with E-state index >= 15 is 0 Å². The lowest BCUT2D eigenvalue weighted by atomic mass is 10.00. The average Bonchev–Trinajstić information content (AvgIpc) is 2.67. The number of methoxy groups -OCH3 is 1. The minimum absolute atomic E-state index is 0.0172. The van der Waals surface area contributed by atoms with Crippen molar-refractivity contribution in [3.05, 3.63) is 70.8 Å². The number of carbonyl (C=O) groups is 1. The smallest absolute Gasteiger partial charge is 0.266 e. The first kappa shape index (κ1) is 18.3. The molecular weight excluding hydrogens is 340 g/mol. The van der Waals surface area contributed by atoms with Crippen LogP contribution in [0.5, 0.6) is 11.5 Å². The number of para-hydroxylation sites is 1. The maximum absolute atomic E-state index is 12.5. The van der Waals surface area contributed by atoms with Gasteiger partial charge in [-0.15, -0.1) is 0 Å². The van der Waals surface area contributed by atoms with Gasteiger partial charge in [0.2, 0.25) is 0 Å². The van der Waals surface area contributed by atoms with Crippen molar-refractivity contribution in [1.82, 2.24) is 0 Å². The quantitative estimate of drug-likeness (QED) is 0.653. The van der Waals surface area contributed by atoms with Crippen LogP contribution in [0.15, 0.2) is 59.7 Å². The Labute approximate surface area is 158 Å². The maximum atomic E-state index is 12.5. The normalized spacial score (nSPS) is 15.7. The number of fused-ring (bicyclic) bond motifs is 1. The first-order chi connectivity index (χ1) is 13.0. The molecule has 2 aromatic carbocycles. The van der Waals surface area contributed by atoms with E-state index in [0.717, 1.165) is 16.7 Å². The van der Waals surface area contributed by atoms with Crippen LogP contribution in [0.1, 0.15) is 18.1 Å². The molecule has 1 heterocycles. The van der Waals surface area contributed by atoms with Crippen LogP contribution in [0, 0.1) is 18.3 Å². The van der Waals surface area contributed by atoms with Gasteiger partial charge in [0, 0.05) is 11.3 Å². The number of nitrogens with one attached hydrogen (secondary N) is 1. The zero-order chi connectivity index (χ0) is 19.4. The van der Waals surface area contributed by atoms with Crippen LogP contribution in [0.4, 0.5) is 5.69 Å². The lowest BCUT2D eigenvalue weighted by Crippen LogP contribution is -2.20. The Balaban J connectivity index is 1.88. The van der Waals surface area contributed by atoms with Crippen molar-refractivity contribution in [3.63, 3.8) is 0 Å². The summed E-state index contributed by atoms with van der Waals surface area (Å²) in [4.78, 5) is 12.5. The van der Waals surface area contributed by atoms with E-state index in [0.29, 0.717) is 17.2 Å². The minimum atomic E-state index is -0.453. The third-order valence-corrected chi connectivity index (χ3v) is 4.30. The van der Waals surface area contributed by atoms with Crippen molar-refractivity contribution in [2.24, 2.45) is 0 Å². The third-order valence-electron chi connectivity index (χ3n) is 4.30. The average molecular weight is 360 g/mol. The summed E-state index contributed by atoms with van der Waals surface area (Å²) in [6.07, 6.45) is 3.16. The number of carbonyl (C=O) groups excluding carboxylic acids is 1. The molecule has 0 aromatic heterocycles. The van der Waals surface area contributed by atoms with Gasteiger partial charge in [-0.05, 0) is 49.8 Å². The summed E-state index contributed by atoms with van der Waals surface area (Å²) >= 11 is 0. The van der Waals surface area contributed by atoms with Crippen molar-refractivity contribution in [1.29, 1.82) is 5.26 Å². The van der Waals surface area contributed by atoms with Gasteiger partial charge in [0.15, 0.2) is 11.5 Å². The SMILES string of the molecule is COc1cccc2c1OC(C)C(/C=C(/C#N)C(=O)Nc1ccc(C)cc1)=C2. The molecule has 0 bridgehead atoms. The fraction of sp³-hybridized carbons (Fsp3) is 0.182. The molecule has 0 fully saturated rings. The molecule has 0 saturated carbocycles. The molecule has 0 spiro atoms. The van der Waals surface area contributed by atoms with Crippen LogP contribution in [-0.2, 0) is 4.79 Å². The second-order valence-electron chi connectivity index (χ2n) is 6.27. The Kier molecular flexibility index (Phi) is 5.28. The van der Waals surface area contributed by atoms with Gasteiger partial charge >= 0.3 is 0 Å². The molecular formula is C22H20N2O3. The van der Waals surface area contributed by atoms with Gasteiger partial charge in [0.05, 0.1) is 7.11 Å². The molecule has 5 heteroatoms. The van der Waals surface area contributed by atoms with Gasteiger partial charge in [-0.25, -0.2) is 0 Å². The molecule has 1 aliphatic heterocycles. The van der Waals surface area contributed by atoms with Gasteiger partial charge in [-0.1, -0.05) is 29.8 Å². The van der Waals surface area contributed by atoms with Crippen LogP contribution < -0.4 is 14.8 Å². The number of anilines is 1. The van der Waals surface area contributed by atoms with Crippen LogP contribution in [-0.4, -0.2) is 19.1 Å². The zero-order valence-corrected chi connectivity index (χ0v) is 15.4. The van der Waals surface area contributed by atoms with E-state index in [-0.39, 0.29) is 11.7 Å². The summed E-state index contributed by atoms with van der Waals surface area (Å²) in [5.74, 6) is 0.856. The van der Waals surface area contributed by atoms with E-state index in [1.54, 1.807) is 25.3 Å². The summed E-state index contributed by atoms with van der Waals surface area (Å²) in [5.41, 5.74) is 3.34. The molecule has 0 aliphatic carbocycles. The van der Waals surface area contributed by atoms with E-state index in [4.69, 9.17) is 9.47 Å². The Morgan fingerprint density at radius 3 is 2.67 bits per heavy atom. The number of nitrogens with zero attached hydrogens (tertiary/aromatic N) is 1. The summed E-state index contributed by atoms with van der Waals surface area (Å²) in [5, 5.41) is 12.2. The van der Waals surface area contributed by atoms with Crippen LogP contribution in [0.3, 0.4) is 0 Å². The van der Waals surface area contributed by atoms with E-state index < -0.39 is 5.91 Å². The highest BCUT2D eigenvalue weighted by Gasteiger charge is 2.22. The fourth-order valence-electron chi connectivity index (χ4n) is 2.78. The molecule has 5 nitrogen and oxygen atoms in total. The highest BCUT2D eigenvalue weighted by molar-refractivity contribution is 6.07. The van der Waals surface area contributed by atoms with Crippen molar-refractivity contribution in [2.45, 2.75) is 20.0 Å². The number of ether oxygens (including phenoxy) is 2. The highest BCUT2D eigenvalue weighted by atomic mass is 16.5. The number of amides is 1. The first-order valence-electron chi connectivity index (χ1n) is 8.57. The molecule has 0 radical (unpaired) electrons. The summed E-state index contributed by atoms with van der Waals surface area (Å²) in [6.45, 7) is 3.83. The number of aryl methyl sites for hydroxylation is 1. The third kappa shape index (κ3) is 4.01. The number of hydrogen-bond donors (Lipinski definition) is 1. The number of rotatable bonds is 4. The monoisotopic (exact) mass is 360 g/mol. The molecule has 3 rings (SSSR count). The van der Waals surface area contributed by atoms with E-state index in [9.17, 15) is 10.1 Å². The summed E-state index contributed by atoms with van der Waals surface area (Å²) < 4.78 is 11.3. The predicted molar refractivity (Wildman–Crippen MR) is 105 cm³/mol. The van der Waals surface area contributed by atoms with Gasteiger partial charge in [-0.3, -0.25) is 4.79 Å². The largest absolute Gasteiger partial charge is 0.493 e. The van der Waals surface area contributed by atoms with Crippen molar-refractivity contribution >= 4 is 17.7 Å². The molecule has 0 saturated heterocycles. The zero-order valence-electron chi connectivity index (χ0n) is 15.4. The van der Waals surface area contributed by atoms with Crippen LogP contribution >= 0.6 is 0 Å². The Morgan fingerprint density at radius 2 is 2.00 bits per heavy atom. The molecule has 2 aromatic rings. The molecule has 1 atom stereocenters. The van der Waals surface area contributed by atoms with E-state index in [1.165, 1.54) is 0 Å². The second kappa shape index (κ2) is 7.79. The molecule has 1 unspecified atom stereocenters.